The van der Waals surface area contributed by atoms with E-state index >= 15 is 0 Å². The van der Waals surface area contributed by atoms with Crippen LogP contribution in [-0.2, 0) is 11.2 Å². The van der Waals surface area contributed by atoms with Crippen LogP contribution in [0.25, 0.3) is 0 Å². The molecule has 1 aromatic rings. The molecule has 1 aliphatic rings. The van der Waals surface area contributed by atoms with Crippen LogP contribution in [-0.4, -0.2) is 60.8 Å². The number of aromatic nitrogens is 1. The van der Waals surface area contributed by atoms with E-state index in [4.69, 9.17) is 4.74 Å². The highest BCUT2D eigenvalue weighted by atomic mass is 16.6. The predicted molar refractivity (Wildman–Crippen MR) is 108 cm³/mol. The van der Waals surface area contributed by atoms with E-state index in [9.17, 15) is 4.79 Å². The first-order chi connectivity index (χ1) is 12.9. The number of likely N-dealkylation sites (tertiary alicyclic amines) is 1. The van der Waals surface area contributed by atoms with Crippen molar-refractivity contribution in [2.24, 2.45) is 10.9 Å². The number of aliphatic imine (C=N–C) groups is 1. The zero-order valence-corrected chi connectivity index (χ0v) is 17.0. The summed E-state index contributed by atoms with van der Waals surface area (Å²) in [6.07, 6.45) is 4.40. The summed E-state index contributed by atoms with van der Waals surface area (Å²) in [5.74, 6) is 1.33. The normalized spacial score (nSPS) is 16.1. The Morgan fingerprint density at radius 3 is 2.63 bits per heavy atom. The Morgan fingerprint density at radius 1 is 1.30 bits per heavy atom. The molecule has 0 radical (unpaired) electrons. The number of pyridine rings is 1. The number of carbonyl (C=O) groups excluding carboxylic acids is 1. The smallest absolute Gasteiger partial charge is 0.410 e. The number of nitrogens with one attached hydrogen (secondary N) is 2. The molecule has 7 nitrogen and oxygen atoms in total. The van der Waals surface area contributed by atoms with Gasteiger partial charge in [-0.05, 0) is 51.7 Å². The van der Waals surface area contributed by atoms with Gasteiger partial charge in [0.1, 0.15) is 5.60 Å². The van der Waals surface area contributed by atoms with Crippen LogP contribution >= 0.6 is 0 Å². The van der Waals surface area contributed by atoms with E-state index in [1.54, 1.807) is 7.05 Å². The zero-order valence-electron chi connectivity index (χ0n) is 17.0. The monoisotopic (exact) mass is 375 g/mol. The molecule has 1 aliphatic heterocycles. The van der Waals surface area contributed by atoms with Gasteiger partial charge in [-0.3, -0.25) is 9.98 Å². The zero-order chi connectivity index (χ0) is 19.7. The third-order valence-electron chi connectivity index (χ3n) is 4.45. The lowest BCUT2D eigenvalue weighted by atomic mass is 9.97. The number of carbonyl (C=O) groups is 1. The highest BCUT2D eigenvalue weighted by molar-refractivity contribution is 5.79. The molecule has 0 saturated carbocycles. The first-order valence-corrected chi connectivity index (χ1v) is 9.70. The summed E-state index contributed by atoms with van der Waals surface area (Å²) in [6, 6.07) is 5.95. The minimum Gasteiger partial charge on any atom is -0.444 e. The number of nitrogens with zero attached hydrogens (tertiary/aromatic N) is 3. The maximum atomic E-state index is 12.1. The van der Waals surface area contributed by atoms with E-state index in [0.29, 0.717) is 5.92 Å². The Hall–Kier alpha value is -2.31. The average Bonchev–Trinajstić information content (AvgIpc) is 2.64. The van der Waals surface area contributed by atoms with Crippen LogP contribution in [0.2, 0.25) is 0 Å². The summed E-state index contributed by atoms with van der Waals surface area (Å²) in [7, 11) is 1.78. The molecule has 27 heavy (non-hydrogen) atoms. The number of piperidine rings is 1. The van der Waals surface area contributed by atoms with Crippen LogP contribution in [0.3, 0.4) is 0 Å². The van der Waals surface area contributed by atoms with Crippen molar-refractivity contribution in [1.29, 1.82) is 0 Å². The summed E-state index contributed by atoms with van der Waals surface area (Å²) in [5.41, 5.74) is 0.623. The first-order valence-electron chi connectivity index (χ1n) is 9.70. The number of hydrogen-bond acceptors (Lipinski definition) is 4. The maximum absolute atomic E-state index is 12.1. The van der Waals surface area contributed by atoms with Crippen LogP contribution in [0, 0.1) is 5.92 Å². The molecular weight excluding hydrogens is 342 g/mol. The summed E-state index contributed by atoms with van der Waals surface area (Å²) in [6.45, 7) is 8.81. The summed E-state index contributed by atoms with van der Waals surface area (Å²) >= 11 is 0. The molecule has 0 spiro atoms. The number of amides is 1. The van der Waals surface area contributed by atoms with Crippen molar-refractivity contribution in [3.63, 3.8) is 0 Å². The van der Waals surface area contributed by atoms with E-state index in [2.05, 4.69) is 20.6 Å². The fraction of sp³-hybridized carbons (Fsp3) is 0.650. The van der Waals surface area contributed by atoms with Gasteiger partial charge in [0, 0.05) is 51.5 Å². The molecule has 2 heterocycles. The fourth-order valence-electron chi connectivity index (χ4n) is 2.96. The first kappa shape index (κ1) is 21.0. The van der Waals surface area contributed by atoms with Crippen LogP contribution in [0.15, 0.2) is 29.4 Å². The number of hydrogen-bond donors (Lipinski definition) is 2. The molecule has 1 saturated heterocycles. The molecule has 0 bridgehead atoms. The second kappa shape index (κ2) is 10.1. The lowest BCUT2D eigenvalue weighted by Gasteiger charge is -2.33. The Labute approximate surface area is 162 Å². The summed E-state index contributed by atoms with van der Waals surface area (Å²) in [5, 5.41) is 6.72. The SMILES string of the molecule is CN=C(NCCc1ccccn1)NCC1CCN(C(=O)OC(C)(C)C)CC1. The third-order valence-corrected chi connectivity index (χ3v) is 4.45. The molecule has 0 atom stereocenters. The number of rotatable bonds is 5. The van der Waals surface area contributed by atoms with Gasteiger partial charge in [-0.15, -0.1) is 0 Å². The quantitative estimate of drug-likeness (QED) is 0.610. The van der Waals surface area contributed by atoms with Gasteiger partial charge >= 0.3 is 6.09 Å². The maximum Gasteiger partial charge on any atom is 0.410 e. The van der Waals surface area contributed by atoms with Gasteiger partial charge in [0.15, 0.2) is 5.96 Å². The lowest BCUT2D eigenvalue weighted by Crippen LogP contribution is -2.45. The molecule has 150 valence electrons. The molecular formula is C20H33N5O2. The van der Waals surface area contributed by atoms with E-state index in [1.807, 2.05) is 50.1 Å². The van der Waals surface area contributed by atoms with Crippen molar-refractivity contribution in [3.8, 4) is 0 Å². The Morgan fingerprint density at radius 2 is 2.04 bits per heavy atom. The van der Waals surface area contributed by atoms with Gasteiger partial charge in [0.05, 0.1) is 0 Å². The highest BCUT2D eigenvalue weighted by Crippen LogP contribution is 2.19. The van der Waals surface area contributed by atoms with Crippen molar-refractivity contribution in [2.45, 2.75) is 45.6 Å². The second-order valence-electron chi connectivity index (χ2n) is 7.86. The van der Waals surface area contributed by atoms with Gasteiger partial charge in [0.2, 0.25) is 0 Å². The summed E-state index contributed by atoms with van der Waals surface area (Å²) < 4.78 is 5.45. The van der Waals surface area contributed by atoms with Crippen molar-refractivity contribution in [2.75, 3.05) is 33.2 Å². The van der Waals surface area contributed by atoms with E-state index in [0.717, 1.165) is 57.1 Å². The molecule has 1 amide bonds. The Bertz CT molecular complexity index is 605. The van der Waals surface area contributed by atoms with E-state index in [-0.39, 0.29) is 6.09 Å². The highest BCUT2D eigenvalue weighted by Gasteiger charge is 2.26. The van der Waals surface area contributed by atoms with Crippen LogP contribution in [0.4, 0.5) is 4.79 Å². The van der Waals surface area contributed by atoms with Crippen LogP contribution in [0.1, 0.15) is 39.3 Å². The number of guanidine groups is 1. The molecule has 0 unspecified atom stereocenters. The van der Waals surface area contributed by atoms with E-state index < -0.39 is 5.60 Å². The topological polar surface area (TPSA) is 78.9 Å². The van der Waals surface area contributed by atoms with Crippen molar-refractivity contribution in [3.05, 3.63) is 30.1 Å². The largest absolute Gasteiger partial charge is 0.444 e. The second-order valence-corrected chi connectivity index (χ2v) is 7.86. The molecule has 0 aromatic carbocycles. The van der Waals surface area contributed by atoms with Gasteiger partial charge in [-0.25, -0.2) is 4.79 Å². The number of ether oxygens (including phenoxy) is 1. The third kappa shape index (κ3) is 7.85. The summed E-state index contributed by atoms with van der Waals surface area (Å²) in [4.78, 5) is 22.5. The van der Waals surface area contributed by atoms with Crippen molar-refractivity contribution in [1.82, 2.24) is 20.5 Å². The van der Waals surface area contributed by atoms with Gasteiger partial charge in [-0.2, -0.15) is 0 Å². The molecule has 2 N–H and O–H groups in total. The predicted octanol–water partition coefficient (Wildman–Crippen LogP) is 2.44. The van der Waals surface area contributed by atoms with E-state index in [1.165, 1.54) is 0 Å². The standard InChI is InChI=1S/C20H33N5O2/c1-20(2,3)27-19(26)25-13-9-16(10-14-25)15-24-18(21-4)23-12-8-17-7-5-6-11-22-17/h5-7,11,16H,8-10,12-15H2,1-4H3,(H2,21,23,24). The van der Waals surface area contributed by atoms with Gasteiger partial charge in [0.25, 0.3) is 0 Å². The van der Waals surface area contributed by atoms with Gasteiger partial charge < -0.3 is 20.3 Å². The van der Waals surface area contributed by atoms with Crippen LogP contribution < -0.4 is 10.6 Å². The van der Waals surface area contributed by atoms with Crippen molar-refractivity contribution < 1.29 is 9.53 Å². The Balaban J connectivity index is 1.65. The lowest BCUT2D eigenvalue weighted by molar-refractivity contribution is 0.0185. The molecule has 0 aliphatic carbocycles. The molecule has 1 fully saturated rings. The average molecular weight is 376 g/mol. The van der Waals surface area contributed by atoms with Crippen LogP contribution in [0.5, 0.6) is 0 Å². The fourth-order valence-corrected chi connectivity index (χ4v) is 2.96. The minimum absolute atomic E-state index is 0.207. The van der Waals surface area contributed by atoms with Gasteiger partial charge in [-0.1, -0.05) is 6.07 Å². The minimum atomic E-state index is -0.442. The Kier molecular flexibility index (Phi) is 7.88. The molecule has 1 aromatic heterocycles. The molecule has 2 rings (SSSR count). The van der Waals surface area contributed by atoms with Crippen molar-refractivity contribution >= 4 is 12.1 Å². The molecule has 7 heteroatoms.